The fourth-order valence-corrected chi connectivity index (χ4v) is 2.51. The van der Waals surface area contributed by atoms with E-state index in [9.17, 15) is 0 Å². The van der Waals surface area contributed by atoms with Crippen LogP contribution in [0.5, 0.6) is 0 Å². The van der Waals surface area contributed by atoms with Gasteiger partial charge in [-0.3, -0.25) is 0 Å². The minimum Gasteiger partial charge on any atom is -0.361 e. The van der Waals surface area contributed by atoms with Gasteiger partial charge in [0.05, 0.1) is 5.54 Å². The van der Waals surface area contributed by atoms with E-state index in [1.165, 1.54) is 24.0 Å². The Morgan fingerprint density at radius 3 is 2.76 bits per heavy atom. The second-order valence-corrected chi connectivity index (χ2v) is 5.32. The fourth-order valence-electron chi connectivity index (χ4n) is 2.51. The van der Waals surface area contributed by atoms with Gasteiger partial charge in [-0.05, 0) is 44.9 Å². The third kappa shape index (κ3) is 2.51. The molecule has 0 amide bonds. The first-order valence-electron chi connectivity index (χ1n) is 6.50. The van der Waals surface area contributed by atoms with Crippen molar-refractivity contribution in [1.29, 1.82) is 0 Å². The van der Waals surface area contributed by atoms with Crippen LogP contribution in [-0.2, 0) is 0 Å². The van der Waals surface area contributed by atoms with Crippen molar-refractivity contribution in [3.05, 3.63) is 29.5 Å². The Balaban J connectivity index is 2.33. The van der Waals surface area contributed by atoms with Gasteiger partial charge in [-0.1, -0.05) is 25.8 Å². The zero-order valence-electron chi connectivity index (χ0n) is 11.3. The van der Waals surface area contributed by atoms with Gasteiger partial charge in [0.25, 0.3) is 0 Å². The molecular weight excluding hydrogens is 208 g/mol. The Kier molecular flexibility index (Phi) is 3.23. The van der Waals surface area contributed by atoms with E-state index in [1.807, 2.05) is 6.92 Å². The van der Waals surface area contributed by atoms with Crippen LogP contribution in [0.2, 0.25) is 0 Å². The highest BCUT2D eigenvalue weighted by Gasteiger charge is 2.27. The molecule has 1 atom stereocenters. The summed E-state index contributed by atoms with van der Waals surface area (Å²) in [6.45, 7) is 8.72. The molecule has 0 saturated carbocycles. The summed E-state index contributed by atoms with van der Waals surface area (Å²) in [5.74, 6) is 1.05. The maximum absolute atomic E-state index is 4.62. The lowest BCUT2D eigenvalue weighted by molar-refractivity contribution is 0.538. The van der Waals surface area contributed by atoms with Gasteiger partial charge >= 0.3 is 0 Å². The topological polar surface area (TPSA) is 24.9 Å². The molecule has 1 unspecified atom stereocenters. The van der Waals surface area contributed by atoms with Crippen LogP contribution in [0.3, 0.4) is 0 Å². The lowest BCUT2D eigenvalue weighted by Gasteiger charge is -2.34. The molecule has 1 aromatic heterocycles. The normalized spacial score (nSPS) is 22.7. The van der Waals surface area contributed by atoms with Gasteiger partial charge in [0.15, 0.2) is 0 Å². The van der Waals surface area contributed by atoms with Crippen molar-refractivity contribution in [3.63, 3.8) is 0 Å². The van der Waals surface area contributed by atoms with Crippen molar-refractivity contribution in [2.45, 2.75) is 52.5 Å². The molecule has 92 valence electrons. The Morgan fingerprint density at radius 1 is 1.29 bits per heavy atom. The SMILES string of the molecule is CCCCC1(C)C=C(C)c2ccc(C)nc2N1. The number of nitrogens with one attached hydrogen (secondary N) is 1. The summed E-state index contributed by atoms with van der Waals surface area (Å²) in [5.41, 5.74) is 3.71. The van der Waals surface area contributed by atoms with Gasteiger partial charge in [0, 0.05) is 11.3 Å². The molecule has 1 aliphatic rings. The van der Waals surface area contributed by atoms with Crippen LogP contribution in [0.1, 0.15) is 51.3 Å². The molecule has 1 N–H and O–H groups in total. The number of aromatic nitrogens is 1. The van der Waals surface area contributed by atoms with E-state index in [0.717, 1.165) is 17.9 Å². The average Bonchev–Trinajstić information content (AvgIpc) is 2.25. The molecule has 1 aliphatic heterocycles. The van der Waals surface area contributed by atoms with Crippen LogP contribution in [0.15, 0.2) is 18.2 Å². The summed E-state index contributed by atoms with van der Waals surface area (Å²) in [4.78, 5) is 4.62. The van der Waals surface area contributed by atoms with E-state index in [0.29, 0.717) is 0 Å². The summed E-state index contributed by atoms with van der Waals surface area (Å²) in [6, 6.07) is 4.24. The van der Waals surface area contributed by atoms with Crippen LogP contribution in [0.25, 0.3) is 5.57 Å². The summed E-state index contributed by atoms with van der Waals surface area (Å²) >= 11 is 0. The third-order valence-corrected chi connectivity index (χ3v) is 3.45. The second kappa shape index (κ2) is 4.52. The maximum atomic E-state index is 4.62. The zero-order valence-corrected chi connectivity index (χ0v) is 11.3. The number of nitrogens with zero attached hydrogens (tertiary/aromatic N) is 1. The van der Waals surface area contributed by atoms with E-state index in [1.54, 1.807) is 0 Å². The Bertz CT molecular complexity index is 448. The molecule has 2 heterocycles. The maximum Gasteiger partial charge on any atom is 0.134 e. The first-order chi connectivity index (χ1) is 8.04. The van der Waals surface area contributed by atoms with Crippen molar-refractivity contribution >= 4 is 11.4 Å². The van der Waals surface area contributed by atoms with Crippen molar-refractivity contribution < 1.29 is 0 Å². The molecule has 0 aliphatic carbocycles. The van der Waals surface area contributed by atoms with Gasteiger partial charge < -0.3 is 5.32 Å². The van der Waals surface area contributed by atoms with Gasteiger partial charge in [-0.25, -0.2) is 4.98 Å². The molecular formula is C15H22N2. The lowest BCUT2D eigenvalue weighted by Crippen LogP contribution is -2.35. The Labute approximate surface area is 104 Å². The van der Waals surface area contributed by atoms with Gasteiger partial charge in [-0.2, -0.15) is 0 Å². The van der Waals surface area contributed by atoms with Gasteiger partial charge in [0.1, 0.15) is 5.82 Å². The molecule has 0 fully saturated rings. The minimum absolute atomic E-state index is 0.0634. The van der Waals surface area contributed by atoms with Crippen LogP contribution >= 0.6 is 0 Å². The van der Waals surface area contributed by atoms with Crippen molar-refractivity contribution in [2.24, 2.45) is 0 Å². The number of fused-ring (bicyclic) bond motifs is 1. The molecule has 2 heteroatoms. The van der Waals surface area contributed by atoms with Crippen molar-refractivity contribution in [1.82, 2.24) is 4.98 Å². The van der Waals surface area contributed by atoms with Crippen LogP contribution < -0.4 is 5.32 Å². The smallest absolute Gasteiger partial charge is 0.134 e. The fraction of sp³-hybridized carbons (Fsp3) is 0.533. The number of pyridine rings is 1. The Morgan fingerprint density at radius 2 is 2.06 bits per heavy atom. The van der Waals surface area contributed by atoms with E-state index in [4.69, 9.17) is 0 Å². The van der Waals surface area contributed by atoms with Crippen LogP contribution in [-0.4, -0.2) is 10.5 Å². The monoisotopic (exact) mass is 230 g/mol. The second-order valence-electron chi connectivity index (χ2n) is 5.32. The summed E-state index contributed by atoms with van der Waals surface area (Å²) in [6.07, 6.45) is 5.99. The number of unbranched alkanes of at least 4 members (excludes halogenated alkanes) is 1. The Hall–Kier alpha value is -1.31. The van der Waals surface area contributed by atoms with Crippen LogP contribution in [0.4, 0.5) is 5.82 Å². The molecule has 17 heavy (non-hydrogen) atoms. The molecule has 0 bridgehead atoms. The van der Waals surface area contributed by atoms with E-state index < -0.39 is 0 Å². The van der Waals surface area contributed by atoms with E-state index in [-0.39, 0.29) is 5.54 Å². The number of hydrogen-bond acceptors (Lipinski definition) is 2. The van der Waals surface area contributed by atoms with E-state index >= 15 is 0 Å². The number of rotatable bonds is 3. The van der Waals surface area contributed by atoms with Crippen LogP contribution in [0, 0.1) is 6.92 Å². The van der Waals surface area contributed by atoms with Gasteiger partial charge in [0.2, 0.25) is 0 Å². The standard InChI is InChI=1S/C15H22N2/c1-5-6-9-15(4)10-11(2)13-8-7-12(3)16-14(13)17-15/h7-8,10H,5-6,9H2,1-4H3,(H,16,17). The molecule has 0 spiro atoms. The summed E-state index contributed by atoms with van der Waals surface area (Å²) in [7, 11) is 0. The quantitative estimate of drug-likeness (QED) is 0.843. The minimum atomic E-state index is 0.0634. The highest BCUT2D eigenvalue weighted by Crippen LogP contribution is 2.34. The molecule has 0 saturated heterocycles. The molecule has 0 radical (unpaired) electrons. The summed E-state index contributed by atoms with van der Waals surface area (Å²) < 4.78 is 0. The van der Waals surface area contributed by atoms with Crippen molar-refractivity contribution in [3.8, 4) is 0 Å². The third-order valence-electron chi connectivity index (χ3n) is 3.45. The molecule has 2 nitrogen and oxygen atoms in total. The summed E-state index contributed by atoms with van der Waals surface area (Å²) in [5, 5.41) is 3.59. The molecule has 2 rings (SSSR count). The van der Waals surface area contributed by atoms with E-state index in [2.05, 4.69) is 49.3 Å². The van der Waals surface area contributed by atoms with Gasteiger partial charge in [-0.15, -0.1) is 0 Å². The zero-order chi connectivity index (χ0) is 12.5. The first-order valence-corrected chi connectivity index (χ1v) is 6.50. The first kappa shape index (κ1) is 12.2. The predicted octanol–water partition coefficient (Wildman–Crippen LogP) is 4.17. The molecule has 0 aromatic carbocycles. The largest absolute Gasteiger partial charge is 0.361 e. The van der Waals surface area contributed by atoms with Crippen molar-refractivity contribution in [2.75, 3.05) is 5.32 Å². The number of anilines is 1. The highest BCUT2D eigenvalue weighted by molar-refractivity contribution is 5.77. The number of hydrogen-bond donors (Lipinski definition) is 1. The number of allylic oxidation sites excluding steroid dienone is 1. The number of aryl methyl sites for hydroxylation is 1. The lowest BCUT2D eigenvalue weighted by atomic mass is 9.87. The average molecular weight is 230 g/mol. The molecule has 1 aromatic rings. The highest BCUT2D eigenvalue weighted by atomic mass is 15.1. The predicted molar refractivity (Wildman–Crippen MR) is 74.2 cm³/mol.